The molecule has 0 saturated carbocycles. The summed E-state index contributed by atoms with van der Waals surface area (Å²) >= 11 is 5.97. The molecule has 0 saturated heterocycles. The van der Waals surface area contributed by atoms with E-state index < -0.39 is 16.0 Å². The predicted octanol–water partition coefficient (Wildman–Crippen LogP) is 1.80. The Hall–Kier alpha value is -1.31. The Bertz CT molecular complexity index is 608. The van der Waals surface area contributed by atoms with Crippen molar-refractivity contribution in [2.45, 2.75) is 25.7 Å². The highest BCUT2D eigenvalue weighted by atomic mass is 35.5. The summed E-state index contributed by atoms with van der Waals surface area (Å²) in [6.45, 7) is 4.97. The van der Waals surface area contributed by atoms with Crippen LogP contribution in [-0.4, -0.2) is 38.4 Å². The standard InChI is InChI=1S/C13H19ClN2O4S/c1-4-16(8-13(17)20-5-2)21(18,19)10-6-11(14)9(3)12(15)7-10/h6-7H,4-5,8,15H2,1-3H3. The van der Waals surface area contributed by atoms with Gasteiger partial charge in [0.15, 0.2) is 0 Å². The molecule has 0 aromatic heterocycles. The molecule has 1 rings (SSSR count). The average Bonchev–Trinajstić information content (AvgIpc) is 2.41. The first-order valence-corrected chi connectivity index (χ1v) is 8.27. The SMILES string of the molecule is CCOC(=O)CN(CC)S(=O)(=O)c1cc(N)c(C)c(Cl)c1. The molecule has 0 aliphatic carbocycles. The minimum Gasteiger partial charge on any atom is -0.465 e. The van der Waals surface area contributed by atoms with Gasteiger partial charge < -0.3 is 10.5 Å². The molecular formula is C13H19ClN2O4S. The van der Waals surface area contributed by atoms with Crippen molar-refractivity contribution in [2.24, 2.45) is 0 Å². The third-order valence-electron chi connectivity index (χ3n) is 2.96. The van der Waals surface area contributed by atoms with Crippen LogP contribution in [0.2, 0.25) is 5.02 Å². The van der Waals surface area contributed by atoms with E-state index in [1.165, 1.54) is 12.1 Å². The number of sulfonamides is 1. The molecule has 0 radical (unpaired) electrons. The van der Waals surface area contributed by atoms with Crippen LogP contribution in [0.1, 0.15) is 19.4 Å². The topological polar surface area (TPSA) is 89.7 Å². The number of nitrogens with two attached hydrogens (primary N) is 1. The Morgan fingerprint density at radius 3 is 2.48 bits per heavy atom. The summed E-state index contributed by atoms with van der Waals surface area (Å²) in [5, 5.41) is 0.265. The molecule has 0 atom stereocenters. The van der Waals surface area contributed by atoms with Gasteiger partial charge in [-0.15, -0.1) is 0 Å². The van der Waals surface area contributed by atoms with Gasteiger partial charge in [-0.2, -0.15) is 4.31 Å². The summed E-state index contributed by atoms with van der Waals surface area (Å²) in [5.41, 5.74) is 6.65. The number of esters is 1. The first-order valence-electron chi connectivity index (χ1n) is 6.45. The lowest BCUT2D eigenvalue weighted by atomic mass is 10.2. The highest BCUT2D eigenvalue weighted by Crippen LogP contribution is 2.27. The lowest BCUT2D eigenvalue weighted by molar-refractivity contribution is -0.143. The molecule has 6 nitrogen and oxygen atoms in total. The van der Waals surface area contributed by atoms with E-state index in [1.807, 2.05) is 0 Å². The maximum absolute atomic E-state index is 12.5. The van der Waals surface area contributed by atoms with Gasteiger partial charge in [0.2, 0.25) is 10.0 Å². The Kier molecular flexibility index (Phi) is 6.00. The van der Waals surface area contributed by atoms with Gasteiger partial charge in [0.05, 0.1) is 11.5 Å². The Balaban J connectivity index is 3.16. The fourth-order valence-electron chi connectivity index (χ4n) is 1.69. The molecule has 0 amide bonds. The maximum Gasteiger partial charge on any atom is 0.321 e. The molecule has 0 unspecified atom stereocenters. The number of anilines is 1. The first kappa shape index (κ1) is 17.7. The number of hydrogen-bond acceptors (Lipinski definition) is 5. The van der Waals surface area contributed by atoms with E-state index in [-0.39, 0.29) is 35.3 Å². The molecule has 0 bridgehead atoms. The van der Waals surface area contributed by atoms with E-state index in [1.54, 1.807) is 20.8 Å². The molecule has 0 heterocycles. The van der Waals surface area contributed by atoms with Gasteiger partial charge >= 0.3 is 5.97 Å². The van der Waals surface area contributed by atoms with Crippen molar-refractivity contribution in [3.8, 4) is 0 Å². The molecular weight excluding hydrogens is 316 g/mol. The number of ether oxygens (including phenoxy) is 1. The number of hydrogen-bond donors (Lipinski definition) is 1. The number of nitrogens with zero attached hydrogens (tertiary/aromatic N) is 1. The van der Waals surface area contributed by atoms with Crippen molar-refractivity contribution in [2.75, 3.05) is 25.4 Å². The van der Waals surface area contributed by atoms with Gasteiger partial charge in [0, 0.05) is 17.3 Å². The summed E-state index contributed by atoms with van der Waals surface area (Å²) < 4.78 is 30.8. The smallest absolute Gasteiger partial charge is 0.321 e. The molecule has 1 aromatic carbocycles. The minimum atomic E-state index is -3.86. The lowest BCUT2D eigenvalue weighted by Gasteiger charge is -2.20. The van der Waals surface area contributed by atoms with E-state index in [4.69, 9.17) is 22.1 Å². The van der Waals surface area contributed by atoms with Crippen LogP contribution in [0.4, 0.5) is 5.69 Å². The Morgan fingerprint density at radius 2 is 2.00 bits per heavy atom. The number of benzene rings is 1. The number of carbonyl (C=O) groups excluding carboxylic acids is 1. The molecule has 0 aliphatic heterocycles. The van der Waals surface area contributed by atoms with Crippen LogP contribution < -0.4 is 5.73 Å². The summed E-state index contributed by atoms with van der Waals surface area (Å²) in [6, 6.07) is 2.67. The minimum absolute atomic E-state index is 0.0400. The quantitative estimate of drug-likeness (QED) is 0.633. The second-order valence-corrected chi connectivity index (χ2v) is 6.70. The van der Waals surface area contributed by atoms with Crippen LogP contribution in [0.25, 0.3) is 0 Å². The third-order valence-corrected chi connectivity index (χ3v) is 5.25. The van der Waals surface area contributed by atoms with Gasteiger partial charge in [-0.05, 0) is 31.5 Å². The number of carbonyl (C=O) groups is 1. The second kappa shape index (κ2) is 7.11. The molecule has 21 heavy (non-hydrogen) atoms. The van der Waals surface area contributed by atoms with Gasteiger partial charge in [-0.25, -0.2) is 8.42 Å². The van der Waals surface area contributed by atoms with Gasteiger partial charge in [-0.3, -0.25) is 4.79 Å². The average molecular weight is 335 g/mol. The zero-order valence-corrected chi connectivity index (χ0v) is 13.8. The van der Waals surface area contributed by atoms with Crippen LogP contribution in [0, 0.1) is 6.92 Å². The molecule has 0 spiro atoms. The fourth-order valence-corrected chi connectivity index (χ4v) is 3.44. The van der Waals surface area contributed by atoms with Crippen molar-refractivity contribution in [3.63, 3.8) is 0 Å². The highest BCUT2D eigenvalue weighted by Gasteiger charge is 2.26. The zero-order valence-electron chi connectivity index (χ0n) is 12.2. The van der Waals surface area contributed by atoms with Crippen LogP contribution in [-0.2, 0) is 19.6 Å². The number of rotatable bonds is 6. The fraction of sp³-hybridized carbons (Fsp3) is 0.462. The van der Waals surface area contributed by atoms with Crippen LogP contribution in [0.5, 0.6) is 0 Å². The molecule has 0 aliphatic rings. The van der Waals surface area contributed by atoms with Crippen molar-refractivity contribution in [1.82, 2.24) is 4.31 Å². The number of likely N-dealkylation sites (N-methyl/N-ethyl adjacent to an activating group) is 1. The third kappa shape index (κ3) is 4.09. The van der Waals surface area contributed by atoms with E-state index in [0.29, 0.717) is 5.56 Å². The summed E-state index contributed by atoms with van der Waals surface area (Å²) in [6.07, 6.45) is 0. The lowest BCUT2D eigenvalue weighted by Crippen LogP contribution is -2.36. The van der Waals surface area contributed by atoms with E-state index in [9.17, 15) is 13.2 Å². The Morgan fingerprint density at radius 1 is 1.38 bits per heavy atom. The number of nitrogen functional groups attached to an aromatic ring is 1. The molecule has 8 heteroatoms. The van der Waals surface area contributed by atoms with Crippen molar-refractivity contribution < 1.29 is 17.9 Å². The summed E-state index contributed by atoms with van der Waals surface area (Å²) in [5.74, 6) is -0.603. The summed E-state index contributed by atoms with van der Waals surface area (Å²) in [4.78, 5) is 11.5. The number of halogens is 1. The predicted molar refractivity (Wildman–Crippen MR) is 81.7 cm³/mol. The maximum atomic E-state index is 12.5. The highest BCUT2D eigenvalue weighted by molar-refractivity contribution is 7.89. The Labute approximate surface area is 129 Å². The zero-order chi connectivity index (χ0) is 16.2. The van der Waals surface area contributed by atoms with Crippen molar-refractivity contribution >= 4 is 33.3 Å². The van der Waals surface area contributed by atoms with Gasteiger partial charge in [0.25, 0.3) is 0 Å². The monoisotopic (exact) mass is 334 g/mol. The van der Waals surface area contributed by atoms with Gasteiger partial charge in [0.1, 0.15) is 6.54 Å². The van der Waals surface area contributed by atoms with Crippen LogP contribution in [0.15, 0.2) is 17.0 Å². The van der Waals surface area contributed by atoms with E-state index in [0.717, 1.165) is 4.31 Å². The van der Waals surface area contributed by atoms with Crippen molar-refractivity contribution in [1.29, 1.82) is 0 Å². The first-order chi connectivity index (χ1) is 9.73. The van der Waals surface area contributed by atoms with Crippen LogP contribution >= 0.6 is 11.6 Å². The molecule has 0 fully saturated rings. The molecule has 1 aromatic rings. The molecule has 2 N–H and O–H groups in total. The van der Waals surface area contributed by atoms with Crippen LogP contribution in [0.3, 0.4) is 0 Å². The summed E-state index contributed by atoms with van der Waals surface area (Å²) in [7, 11) is -3.86. The van der Waals surface area contributed by atoms with Crippen molar-refractivity contribution in [3.05, 3.63) is 22.7 Å². The second-order valence-electron chi connectivity index (χ2n) is 4.36. The normalized spacial score (nSPS) is 11.7. The molecule has 118 valence electrons. The van der Waals surface area contributed by atoms with E-state index >= 15 is 0 Å². The largest absolute Gasteiger partial charge is 0.465 e. The van der Waals surface area contributed by atoms with Gasteiger partial charge in [-0.1, -0.05) is 18.5 Å². The van der Waals surface area contributed by atoms with E-state index in [2.05, 4.69) is 0 Å².